The highest BCUT2D eigenvalue weighted by Crippen LogP contribution is 2.39. The molecular weight excluding hydrogens is 508 g/mol. The Labute approximate surface area is 235 Å². The minimum atomic E-state index is 0.0225. The molecule has 7 aromatic rings. The first-order valence-electron chi connectivity index (χ1n) is 13.3. The van der Waals surface area contributed by atoms with Crippen molar-refractivity contribution < 1.29 is 0 Å². The first kappa shape index (κ1) is 22.9. The average Bonchev–Trinajstić information content (AvgIpc) is 3.64. The highest BCUT2D eigenvalue weighted by atomic mass is 32.1. The minimum Gasteiger partial charge on any atom is -0.374 e. The molecule has 1 aliphatic rings. The van der Waals surface area contributed by atoms with Gasteiger partial charge in [-0.3, -0.25) is 9.97 Å². The molecule has 5 heterocycles. The summed E-state index contributed by atoms with van der Waals surface area (Å²) >= 11 is 1.82. The first-order valence-corrected chi connectivity index (χ1v) is 14.2. The molecule has 4 nitrogen and oxygen atoms in total. The normalized spacial score (nSPS) is 15.2. The number of hydrogen-bond donors (Lipinski definition) is 1. The summed E-state index contributed by atoms with van der Waals surface area (Å²) in [5.74, 6) is 0. The second kappa shape index (κ2) is 9.33. The van der Waals surface area contributed by atoms with Crippen LogP contribution in [0.2, 0.25) is 0 Å². The molecule has 1 aliphatic heterocycles. The van der Waals surface area contributed by atoms with E-state index in [9.17, 15) is 0 Å². The van der Waals surface area contributed by atoms with Gasteiger partial charge in [0.15, 0.2) is 0 Å². The molecule has 5 heteroatoms. The molecule has 0 saturated carbocycles. The van der Waals surface area contributed by atoms with Crippen LogP contribution in [0.25, 0.3) is 48.8 Å². The van der Waals surface area contributed by atoms with Crippen LogP contribution in [0.3, 0.4) is 0 Å². The highest BCUT2D eigenvalue weighted by Gasteiger charge is 2.19. The lowest BCUT2D eigenvalue weighted by Gasteiger charge is -2.26. The number of aromatic nitrogens is 3. The predicted octanol–water partition coefficient (Wildman–Crippen LogP) is 8.56. The van der Waals surface area contributed by atoms with Crippen molar-refractivity contribution in [1.29, 1.82) is 0 Å². The minimum absolute atomic E-state index is 0.0225. The maximum absolute atomic E-state index is 4.21. The Morgan fingerprint density at radius 1 is 0.700 bits per heavy atom. The van der Waals surface area contributed by atoms with E-state index >= 15 is 0 Å². The monoisotopic (exact) mass is 532 g/mol. The molecule has 1 N–H and O–H groups in total. The first-order chi connectivity index (χ1) is 19.8. The highest BCUT2D eigenvalue weighted by molar-refractivity contribution is 7.18. The van der Waals surface area contributed by atoms with Gasteiger partial charge in [-0.25, -0.2) is 0 Å². The number of para-hydroxylation sites is 1. The van der Waals surface area contributed by atoms with Crippen LogP contribution in [-0.2, 0) is 0 Å². The summed E-state index contributed by atoms with van der Waals surface area (Å²) in [6, 6.07) is 32.6. The molecule has 0 radical (unpaired) electrons. The number of dihydropyridines is 1. The van der Waals surface area contributed by atoms with Gasteiger partial charge in [0.25, 0.3) is 0 Å². The van der Waals surface area contributed by atoms with Crippen LogP contribution in [0.1, 0.15) is 22.7 Å². The van der Waals surface area contributed by atoms with Crippen LogP contribution >= 0.6 is 11.3 Å². The summed E-state index contributed by atoms with van der Waals surface area (Å²) in [7, 11) is 0. The van der Waals surface area contributed by atoms with Gasteiger partial charge in [-0.15, -0.1) is 11.3 Å². The molecule has 0 saturated heterocycles. The van der Waals surface area contributed by atoms with Crippen molar-refractivity contribution in [3.63, 3.8) is 0 Å². The average molecular weight is 533 g/mol. The van der Waals surface area contributed by atoms with Gasteiger partial charge in [-0.1, -0.05) is 36.4 Å². The summed E-state index contributed by atoms with van der Waals surface area (Å²) in [5.41, 5.74) is 9.34. The Morgan fingerprint density at radius 3 is 2.25 bits per heavy atom. The third-order valence-electron chi connectivity index (χ3n) is 7.73. The van der Waals surface area contributed by atoms with Crippen molar-refractivity contribution in [1.82, 2.24) is 19.9 Å². The summed E-state index contributed by atoms with van der Waals surface area (Å²) in [5, 5.41) is 9.86. The van der Waals surface area contributed by atoms with Gasteiger partial charge in [0.2, 0.25) is 0 Å². The van der Waals surface area contributed by atoms with Gasteiger partial charge >= 0.3 is 0 Å². The zero-order chi connectivity index (χ0) is 26.5. The largest absolute Gasteiger partial charge is 0.374 e. The van der Waals surface area contributed by atoms with Crippen molar-refractivity contribution in [3.05, 3.63) is 150 Å². The Hall–Kier alpha value is -5.00. The smallest absolute Gasteiger partial charge is 0.0707 e. The van der Waals surface area contributed by atoms with E-state index in [1.165, 1.54) is 43.0 Å². The Morgan fingerprint density at radius 2 is 1.45 bits per heavy atom. The number of thiophene rings is 1. The number of benzene rings is 3. The fraction of sp³-hybridized carbons (Fsp3) is 0.0286. The third-order valence-corrected chi connectivity index (χ3v) is 8.67. The summed E-state index contributed by atoms with van der Waals surface area (Å²) in [4.78, 5) is 8.42. The number of pyridine rings is 2. The maximum atomic E-state index is 4.21. The lowest BCUT2D eigenvalue weighted by atomic mass is 9.94. The van der Waals surface area contributed by atoms with Crippen LogP contribution in [0, 0.1) is 0 Å². The van der Waals surface area contributed by atoms with E-state index in [0.29, 0.717) is 0 Å². The number of rotatable bonds is 4. The van der Waals surface area contributed by atoms with Crippen molar-refractivity contribution in [2.24, 2.45) is 0 Å². The molecule has 8 rings (SSSR count). The second-order valence-electron chi connectivity index (χ2n) is 10.0. The van der Waals surface area contributed by atoms with Gasteiger partial charge in [-0.05, 0) is 94.2 Å². The lowest BCUT2D eigenvalue weighted by molar-refractivity contribution is 0.766. The fourth-order valence-corrected chi connectivity index (χ4v) is 6.78. The number of allylic oxidation sites excluding steroid dienone is 2. The SMILES string of the molecule is C1=C(c2ccncc2)C=C(c2ccncc2)NC1c1ccc(-n2c3ccccc3c3c4sccc4ccc32)cc1. The van der Waals surface area contributed by atoms with Gasteiger partial charge in [0.05, 0.1) is 17.1 Å². The molecule has 190 valence electrons. The van der Waals surface area contributed by atoms with Crippen molar-refractivity contribution >= 4 is 54.5 Å². The number of nitrogens with zero attached hydrogens (tertiary/aromatic N) is 3. The molecule has 0 spiro atoms. The molecule has 40 heavy (non-hydrogen) atoms. The standard InChI is InChI=1S/C35H24N4S/c1-2-4-32-29(3-1)34-33(10-7-26-15-20-40-35(26)34)39(32)28-8-5-24(6-9-28)30-21-27(23-11-16-36-17-12-23)22-31(38-30)25-13-18-37-19-14-25/h1-22,30,38H. The quantitative estimate of drug-likeness (QED) is 0.247. The van der Waals surface area contributed by atoms with Gasteiger partial charge in [0.1, 0.15) is 0 Å². The summed E-state index contributed by atoms with van der Waals surface area (Å²) < 4.78 is 3.74. The van der Waals surface area contributed by atoms with Gasteiger partial charge < -0.3 is 9.88 Å². The number of fused-ring (bicyclic) bond motifs is 5. The van der Waals surface area contributed by atoms with Crippen LogP contribution in [0.4, 0.5) is 0 Å². The van der Waals surface area contributed by atoms with Crippen LogP contribution in [-0.4, -0.2) is 14.5 Å². The van der Waals surface area contributed by atoms with Crippen LogP contribution < -0.4 is 5.32 Å². The molecule has 3 aromatic carbocycles. The zero-order valence-corrected chi connectivity index (χ0v) is 22.3. The lowest BCUT2D eigenvalue weighted by Crippen LogP contribution is -2.21. The van der Waals surface area contributed by atoms with Crippen LogP contribution in [0.5, 0.6) is 0 Å². The topological polar surface area (TPSA) is 42.7 Å². The molecule has 0 bridgehead atoms. The molecule has 4 aromatic heterocycles. The summed E-state index contributed by atoms with van der Waals surface area (Å²) in [6.45, 7) is 0. The van der Waals surface area contributed by atoms with Gasteiger partial charge in [0, 0.05) is 57.2 Å². The molecule has 0 aliphatic carbocycles. The van der Waals surface area contributed by atoms with Gasteiger partial charge in [-0.2, -0.15) is 0 Å². The Bertz CT molecular complexity index is 2070. The third kappa shape index (κ3) is 3.74. The predicted molar refractivity (Wildman–Crippen MR) is 166 cm³/mol. The van der Waals surface area contributed by atoms with E-state index in [2.05, 4.69) is 116 Å². The molecule has 0 fully saturated rings. The molecular formula is C35H24N4S. The van der Waals surface area contributed by atoms with E-state index in [1.807, 2.05) is 48.3 Å². The second-order valence-corrected chi connectivity index (χ2v) is 10.9. The maximum Gasteiger partial charge on any atom is 0.0707 e. The molecule has 1 unspecified atom stereocenters. The van der Waals surface area contributed by atoms with E-state index in [1.54, 1.807) is 0 Å². The fourth-order valence-electron chi connectivity index (χ4n) is 5.82. The van der Waals surface area contributed by atoms with Crippen molar-refractivity contribution in [3.8, 4) is 5.69 Å². The van der Waals surface area contributed by atoms with Crippen LogP contribution in [0.15, 0.2) is 133 Å². The van der Waals surface area contributed by atoms with Crippen molar-refractivity contribution in [2.45, 2.75) is 6.04 Å². The van der Waals surface area contributed by atoms with E-state index < -0.39 is 0 Å². The van der Waals surface area contributed by atoms with E-state index in [-0.39, 0.29) is 6.04 Å². The zero-order valence-electron chi connectivity index (χ0n) is 21.5. The number of nitrogens with one attached hydrogen (secondary N) is 1. The molecule has 0 amide bonds. The Balaban J connectivity index is 1.23. The molecule has 1 atom stereocenters. The van der Waals surface area contributed by atoms with Crippen molar-refractivity contribution in [2.75, 3.05) is 0 Å². The number of hydrogen-bond acceptors (Lipinski definition) is 4. The summed E-state index contributed by atoms with van der Waals surface area (Å²) in [6.07, 6.45) is 11.9. The Kier molecular flexibility index (Phi) is 5.35. The van der Waals surface area contributed by atoms with E-state index in [0.717, 1.165) is 22.5 Å². The van der Waals surface area contributed by atoms with E-state index in [4.69, 9.17) is 0 Å².